The van der Waals surface area contributed by atoms with Crippen LogP contribution in [0.1, 0.15) is 17.6 Å². The van der Waals surface area contributed by atoms with Crippen molar-refractivity contribution in [3.63, 3.8) is 0 Å². The average molecular weight is 263 g/mol. The molecule has 1 N–H and O–H groups in total. The molecule has 0 saturated heterocycles. The van der Waals surface area contributed by atoms with Gasteiger partial charge in [0, 0.05) is 23.7 Å². The van der Waals surface area contributed by atoms with Gasteiger partial charge in [-0.3, -0.25) is 4.68 Å². The number of hydrogen-bond donors (Lipinski definition) is 1. The highest BCUT2D eigenvalue weighted by Crippen LogP contribution is 2.29. The topological polar surface area (TPSA) is 51.2 Å². The molecule has 0 bridgehead atoms. The van der Waals surface area contributed by atoms with E-state index in [2.05, 4.69) is 5.10 Å². The Labute approximate surface area is 108 Å². The van der Waals surface area contributed by atoms with Crippen LogP contribution in [0.5, 0.6) is 0 Å². The summed E-state index contributed by atoms with van der Waals surface area (Å²) in [6.07, 6.45) is 0.807. The number of nitrogens with zero attached hydrogens (tertiary/aromatic N) is 2. The third kappa shape index (κ3) is 1.79. The molecule has 0 saturated carbocycles. The van der Waals surface area contributed by atoms with Crippen LogP contribution in [-0.4, -0.2) is 14.9 Å². The average Bonchev–Trinajstić information content (AvgIpc) is 2.93. The molecular weight excluding hydrogens is 252 g/mol. The Hall–Kier alpha value is -1.78. The van der Waals surface area contributed by atoms with E-state index in [1.807, 2.05) is 0 Å². The summed E-state index contributed by atoms with van der Waals surface area (Å²) >= 11 is 5.91. The lowest BCUT2D eigenvalue weighted by molar-refractivity contribution is 0.183. The molecule has 18 heavy (non-hydrogen) atoms. The fraction of sp³-hybridized carbons (Fsp3) is 0.154. The zero-order valence-corrected chi connectivity index (χ0v) is 10.4. The summed E-state index contributed by atoms with van der Waals surface area (Å²) in [6, 6.07) is 8.90. The van der Waals surface area contributed by atoms with Gasteiger partial charge in [-0.05, 0) is 30.3 Å². The summed E-state index contributed by atoms with van der Waals surface area (Å²) < 4.78 is 7.23. The molecule has 1 unspecified atom stereocenters. The van der Waals surface area contributed by atoms with E-state index in [0.29, 0.717) is 22.1 Å². The molecule has 92 valence electrons. The van der Waals surface area contributed by atoms with Gasteiger partial charge < -0.3 is 9.52 Å². The van der Waals surface area contributed by atoms with Gasteiger partial charge >= 0.3 is 0 Å². The largest absolute Gasteiger partial charge is 0.458 e. The molecule has 0 radical (unpaired) electrons. The summed E-state index contributed by atoms with van der Waals surface area (Å²) in [6.45, 7) is 0. The summed E-state index contributed by atoms with van der Waals surface area (Å²) in [4.78, 5) is 0. The number of furan rings is 1. The molecule has 0 aliphatic carbocycles. The number of aliphatic hydroxyl groups is 1. The van der Waals surface area contributed by atoms with E-state index in [9.17, 15) is 5.11 Å². The van der Waals surface area contributed by atoms with Crippen LogP contribution < -0.4 is 0 Å². The van der Waals surface area contributed by atoms with Gasteiger partial charge in [0.15, 0.2) is 6.10 Å². The highest BCUT2D eigenvalue weighted by atomic mass is 35.5. The Morgan fingerprint density at radius 1 is 1.33 bits per heavy atom. The Balaban J connectivity index is 2.07. The molecular formula is C13H11ClN2O2. The smallest absolute Gasteiger partial charge is 0.153 e. The first kappa shape index (κ1) is 11.3. The maximum atomic E-state index is 10.2. The Kier molecular flexibility index (Phi) is 2.61. The molecule has 1 aromatic carbocycles. The molecule has 0 aliphatic heterocycles. The monoisotopic (exact) mass is 262 g/mol. The predicted octanol–water partition coefficient (Wildman–Crippen LogP) is 2.90. The summed E-state index contributed by atoms with van der Waals surface area (Å²) in [5, 5.41) is 15.8. The zero-order valence-electron chi connectivity index (χ0n) is 9.67. The molecule has 4 nitrogen and oxygen atoms in total. The van der Waals surface area contributed by atoms with E-state index in [4.69, 9.17) is 16.0 Å². The number of aromatic nitrogens is 2. The highest BCUT2D eigenvalue weighted by molar-refractivity contribution is 6.31. The van der Waals surface area contributed by atoms with Gasteiger partial charge in [0.05, 0.1) is 5.69 Å². The first-order valence-corrected chi connectivity index (χ1v) is 5.88. The number of halogens is 1. The first-order chi connectivity index (χ1) is 8.65. The van der Waals surface area contributed by atoms with Crippen molar-refractivity contribution in [3.8, 4) is 0 Å². The number of aryl methyl sites for hydroxylation is 1. The molecule has 0 fully saturated rings. The van der Waals surface area contributed by atoms with Crippen molar-refractivity contribution in [1.29, 1.82) is 0 Å². The third-order valence-electron chi connectivity index (χ3n) is 2.91. The molecule has 3 rings (SSSR count). The number of hydrogen-bond acceptors (Lipinski definition) is 3. The standard InChI is InChI=1S/C13H11ClN2O2/c1-16-10(4-5-15-16)13(17)12-7-8-6-9(14)2-3-11(8)18-12/h2-7,13,17H,1H3. The Morgan fingerprint density at radius 2 is 2.17 bits per heavy atom. The van der Waals surface area contributed by atoms with Crippen LogP contribution in [0.2, 0.25) is 5.02 Å². The minimum Gasteiger partial charge on any atom is -0.458 e. The Bertz CT molecular complexity index is 702. The zero-order chi connectivity index (χ0) is 12.7. The van der Waals surface area contributed by atoms with Crippen molar-refractivity contribution in [2.75, 3.05) is 0 Å². The molecule has 1 atom stereocenters. The van der Waals surface area contributed by atoms with E-state index in [0.717, 1.165) is 5.39 Å². The number of benzene rings is 1. The predicted molar refractivity (Wildman–Crippen MR) is 68.5 cm³/mol. The third-order valence-corrected chi connectivity index (χ3v) is 3.14. The lowest BCUT2D eigenvalue weighted by atomic mass is 10.2. The van der Waals surface area contributed by atoms with Crippen molar-refractivity contribution in [2.45, 2.75) is 6.10 Å². The van der Waals surface area contributed by atoms with Gasteiger partial charge in [0.2, 0.25) is 0 Å². The first-order valence-electron chi connectivity index (χ1n) is 5.50. The van der Waals surface area contributed by atoms with E-state index in [1.54, 1.807) is 48.3 Å². The van der Waals surface area contributed by atoms with Crippen LogP contribution in [0.3, 0.4) is 0 Å². The highest BCUT2D eigenvalue weighted by Gasteiger charge is 2.18. The summed E-state index contributed by atoms with van der Waals surface area (Å²) in [5.41, 5.74) is 1.38. The molecule has 0 spiro atoms. The maximum absolute atomic E-state index is 10.2. The maximum Gasteiger partial charge on any atom is 0.153 e. The molecule has 0 amide bonds. The van der Waals surface area contributed by atoms with Gasteiger partial charge in [-0.2, -0.15) is 5.10 Å². The summed E-state index contributed by atoms with van der Waals surface area (Å²) in [7, 11) is 1.78. The van der Waals surface area contributed by atoms with E-state index >= 15 is 0 Å². The minimum atomic E-state index is -0.830. The lowest BCUT2D eigenvalue weighted by Gasteiger charge is -2.07. The Morgan fingerprint density at radius 3 is 2.89 bits per heavy atom. The van der Waals surface area contributed by atoms with Gasteiger partial charge in [0.25, 0.3) is 0 Å². The van der Waals surface area contributed by atoms with Crippen LogP contribution in [0.15, 0.2) is 40.9 Å². The number of fused-ring (bicyclic) bond motifs is 1. The minimum absolute atomic E-state index is 0.482. The quantitative estimate of drug-likeness (QED) is 0.773. The van der Waals surface area contributed by atoms with Crippen molar-refractivity contribution in [1.82, 2.24) is 9.78 Å². The van der Waals surface area contributed by atoms with Crippen molar-refractivity contribution in [2.24, 2.45) is 7.05 Å². The van der Waals surface area contributed by atoms with Crippen molar-refractivity contribution >= 4 is 22.6 Å². The molecule has 0 aliphatic rings. The normalized spacial score (nSPS) is 13.1. The molecule has 2 aromatic heterocycles. The van der Waals surface area contributed by atoms with Crippen LogP contribution in [0, 0.1) is 0 Å². The van der Waals surface area contributed by atoms with E-state index < -0.39 is 6.10 Å². The van der Waals surface area contributed by atoms with Gasteiger partial charge in [-0.1, -0.05) is 11.6 Å². The number of aliphatic hydroxyl groups excluding tert-OH is 1. The van der Waals surface area contributed by atoms with Crippen molar-refractivity contribution in [3.05, 3.63) is 53.0 Å². The number of rotatable bonds is 2. The van der Waals surface area contributed by atoms with Gasteiger partial charge in [-0.25, -0.2) is 0 Å². The van der Waals surface area contributed by atoms with Crippen LogP contribution in [-0.2, 0) is 7.05 Å². The van der Waals surface area contributed by atoms with Crippen LogP contribution >= 0.6 is 11.6 Å². The van der Waals surface area contributed by atoms with Gasteiger partial charge in [-0.15, -0.1) is 0 Å². The molecule has 5 heteroatoms. The second-order valence-corrected chi connectivity index (χ2v) is 4.55. The van der Waals surface area contributed by atoms with E-state index in [-0.39, 0.29) is 0 Å². The second-order valence-electron chi connectivity index (χ2n) is 4.11. The van der Waals surface area contributed by atoms with Crippen LogP contribution in [0.25, 0.3) is 11.0 Å². The summed E-state index contributed by atoms with van der Waals surface area (Å²) in [5.74, 6) is 0.482. The van der Waals surface area contributed by atoms with Crippen molar-refractivity contribution < 1.29 is 9.52 Å². The van der Waals surface area contributed by atoms with Gasteiger partial charge in [0.1, 0.15) is 11.3 Å². The second kappa shape index (κ2) is 4.15. The molecule has 3 aromatic rings. The van der Waals surface area contributed by atoms with Crippen LogP contribution in [0.4, 0.5) is 0 Å². The SMILES string of the molecule is Cn1nccc1C(O)c1cc2cc(Cl)ccc2o1. The lowest BCUT2D eigenvalue weighted by Crippen LogP contribution is -2.05. The fourth-order valence-corrected chi connectivity index (χ4v) is 2.15. The fourth-order valence-electron chi connectivity index (χ4n) is 1.97. The van der Waals surface area contributed by atoms with E-state index in [1.165, 1.54) is 0 Å². The molecule has 2 heterocycles.